The van der Waals surface area contributed by atoms with Gasteiger partial charge < -0.3 is 14.7 Å². The molecular weight excluding hydrogens is 425 g/mol. The van der Waals surface area contributed by atoms with Crippen LogP contribution in [-0.2, 0) is 0 Å². The number of benzene rings is 2. The number of piperidine rings is 1. The van der Waals surface area contributed by atoms with E-state index in [2.05, 4.69) is 15.5 Å². The van der Waals surface area contributed by atoms with Crippen LogP contribution in [0.5, 0.6) is 0 Å². The fraction of sp³-hybridized carbons (Fsp3) is 0.333. The largest absolute Gasteiger partial charge is 0.339 e. The molecule has 0 bridgehead atoms. The molecule has 3 heterocycles. The molecule has 1 atom stereocenters. The van der Waals surface area contributed by atoms with Crippen LogP contribution in [0.15, 0.2) is 47.0 Å². The van der Waals surface area contributed by atoms with Crippen LogP contribution in [0.25, 0.3) is 11.4 Å². The zero-order chi connectivity index (χ0) is 22.9. The fourth-order valence-corrected chi connectivity index (χ4v) is 4.48. The molecule has 1 unspecified atom stereocenters. The lowest BCUT2D eigenvalue weighted by molar-refractivity contribution is 0.0695. The number of aryl methyl sites for hydroxylation is 1. The van der Waals surface area contributed by atoms with Crippen molar-refractivity contribution in [3.05, 3.63) is 65.3 Å². The number of hydrogen-bond acceptors (Lipinski definition) is 5. The summed E-state index contributed by atoms with van der Waals surface area (Å²) in [5, 5.41) is 6.80. The highest BCUT2D eigenvalue weighted by Crippen LogP contribution is 2.29. The third kappa shape index (κ3) is 4.18. The highest BCUT2D eigenvalue weighted by molar-refractivity contribution is 5.98. The van der Waals surface area contributed by atoms with Crippen LogP contribution in [0.3, 0.4) is 0 Å². The van der Waals surface area contributed by atoms with Crippen molar-refractivity contribution >= 4 is 17.6 Å². The van der Waals surface area contributed by atoms with Crippen molar-refractivity contribution in [3.8, 4) is 11.4 Å². The van der Waals surface area contributed by atoms with Gasteiger partial charge in [-0.25, -0.2) is 9.18 Å². The molecule has 0 radical (unpaired) electrons. The monoisotopic (exact) mass is 449 g/mol. The smallest absolute Gasteiger partial charge is 0.322 e. The van der Waals surface area contributed by atoms with Crippen molar-refractivity contribution in [2.24, 2.45) is 0 Å². The molecule has 33 heavy (non-hydrogen) atoms. The molecule has 5 rings (SSSR count). The van der Waals surface area contributed by atoms with Gasteiger partial charge in [-0.3, -0.25) is 9.69 Å². The number of nitrogens with one attached hydrogen (secondary N) is 1. The molecule has 0 spiro atoms. The standard InChI is InChI=1S/C24H24FN5O3/c1-15-12-17(7-8-20(15)30-11-9-26-24(30)32)23(31)29-10-3-5-18(14-29)22-27-21(28-33-22)16-4-2-6-19(25)13-16/h2,4,6-8,12-13,18H,3,5,9-11,14H2,1H3,(H,26,32). The number of halogens is 1. The summed E-state index contributed by atoms with van der Waals surface area (Å²) in [4.78, 5) is 33.1. The average Bonchev–Trinajstić information content (AvgIpc) is 3.48. The van der Waals surface area contributed by atoms with Gasteiger partial charge in [-0.15, -0.1) is 0 Å². The van der Waals surface area contributed by atoms with Gasteiger partial charge in [-0.05, 0) is 55.7 Å². The Hall–Kier alpha value is -3.75. The van der Waals surface area contributed by atoms with Gasteiger partial charge in [0.1, 0.15) is 5.82 Å². The Morgan fingerprint density at radius 2 is 2.09 bits per heavy atom. The Balaban J connectivity index is 1.30. The number of urea groups is 1. The van der Waals surface area contributed by atoms with Crippen molar-refractivity contribution in [2.45, 2.75) is 25.7 Å². The lowest BCUT2D eigenvalue weighted by atomic mass is 9.97. The first-order valence-corrected chi connectivity index (χ1v) is 11.0. The van der Waals surface area contributed by atoms with E-state index in [-0.39, 0.29) is 23.7 Å². The predicted octanol–water partition coefficient (Wildman–Crippen LogP) is 3.73. The molecule has 8 nitrogen and oxygen atoms in total. The van der Waals surface area contributed by atoms with Crippen molar-refractivity contribution < 1.29 is 18.5 Å². The third-order valence-corrected chi connectivity index (χ3v) is 6.17. The molecular formula is C24H24FN5O3. The summed E-state index contributed by atoms with van der Waals surface area (Å²) >= 11 is 0. The van der Waals surface area contributed by atoms with E-state index in [4.69, 9.17) is 4.52 Å². The molecule has 170 valence electrons. The molecule has 2 fully saturated rings. The van der Waals surface area contributed by atoms with Crippen molar-refractivity contribution in [3.63, 3.8) is 0 Å². The van der Waals surface area contributed by atoms with Gasteiger partial charge in [-0.2, -0.15) is 4.98 Å². The quantitative estimate of drug-likeness (QED) is 0.655. The Morgan fingerprint density at radius 1 is 1.21 bits per heavy atom. The van der Waals surface area contributed by atoms with E-state index in [1.165, 1.54) is 12.1 Å². The van der Waals surface area contributed by atoms with Crippen molar-refractivity contribution in [1.29, 1.82) is 0 Å². The van der Waals surface area contributed by atoms with Crippen LogP contribution in [0.1, 0.15) is 40.6 Å². The molecule has 2 saturated heterocycles. The predicted molar refractivity (Wildman–Crippen MR) is 119 cm³/mol. The molecule has 2 aliphatic heterocycles. The van der Waals surface area contributed by atoms with Crippen LogP contribution < -0.4 is 10.2 Å². The maximum atomic E-state index is 13.5. The minimum Gasteiger partial charge on any atom is -0.339 e. The Labute approximate surface area is 190 Å². The second-order valence-corrected chi connectivity index (χ2v) is 8.44. The Morgan fingerprint density at radius 3 is 2.85 bits per heavy atom. The second kappa shape index (κ2) is 8.65. The number of carbonyl (C=O) groups excluding carboxylic acids is 2. The number of hydrogen-bond donors (Lipinski definition) is 1. The molecule has 1 aromatic heterocycles. The summed E-state index contributed by atoms with van der Waals surface area (Å²) in [5.74, 6) is 0.291. The topological polar surface area (TPSA) is 91.6 Å². The van der Waals surface area contributed by atoms with E-state index in [0.29, 0.717) is 49.0 Å². The van der Waals surface area contributed by atoms with Gasteiger partial charge in [-0.1, -0.05) is 17.3 Å². The van der Waals surface area contributed by atoms with Crippen LogP contribution in [0.4, 0.5) is 14.9 Å². The molecule has 3 amide bonds. The van der Waals surface area contributed by atoms with Gasteiger partial charge >= 0.3 is 6.03 Å². The first-order chi connectivity index (χ1) is 16.0. The lowest BCUT2D eigenvalue weighted by Gasteiger charge is -2.31. The van der Waals surface area contributed by atoms with Crippen LogP contribution in [-0.4, -0.2) is 53.2 Å². The number of aromatic nitrogens is 2. The maximum absolute atomic E-state index is 13.5. The number of likely N-dealkylation sites (tertiary alicyclic amines) is 1. The molecule has 0 saturated carbocycles. The summed E-state index contributed by atoms with van der Waals surface area (Å²) < 4.78 is 19.0. The van der Waals surface area contributed by atoms with Gasteiger partial charge in [0.05, 0.1) is 5.92 Å². The third-order valence-electron chi connectivity index (χ3n) is 6.17. The molecule has 9 heteroatoms. The van der Waals surface area contributed by atoms with E-state index in [9.17, 15) is 14.0 Å². The summed E-state index contributed by atoms with van der Waals surface area (Å²) in [5.41, 5.74) is 2.83. The maximum Gasteiger partial charge on any atom is 0.322 e. The van der Waals surface area contributed by atoms with Crippen molar-refractivity contribution in [2.75, 3.05) is 31.1 Å². The minimum absolute atomic E-state index is 0.0647. The molecule has 1 N–H and O–H groups in total. The number of amides is 3. The summed E-state index contributed by atoms with van der Waals surface area (Å²) in [7, 11) is 0. The van der Waals surface area contributed by atoms with Crippen LogP contribution >= 0.6 is 0 Å². The Kier molecular flexibility index (Phi) is 5.53. The Bertz CT molecular complexity index is 1210. The number of carbonyl (C=O) groups is 2. The van der Waals surface area contributed by atoms with E-state index >= 15 is 0 Å². The van der Waals surface area contributed by atoms with Gasteiger partial charge in [0, 0.05) is 43.0 Å². The molecule has 0 aliphatic carbocycles. The van der Waals surface area contributed by atoms with Crippen LogP contribution in [0, 0.1) is 12.7 Å². The van der Waals surface area contributed by atoms with E-state index in [0.717, 1.165) is 24.1 Å². The minimum atomic E-state index is -0.361. The summed E-state index contributed by atoms with van der Waals surface area (Å²) in [6.45, 7) is 4.25. The van der Waals surface area contributed by atoms with Gasteiger partial charge in [0.15, 0.2) is 0 Å². The van der Waals surface area contributed by atoms with Crippen molar-refractivity contribution in [1.82, 2.24) is 20.4 Å². The first-order valence-electron chi connectivity index (χ1n) is 11.0. The highest BCUT2D eigenvalue weighted by atomic mass is 19.1. The molecule has 2 aromatic carbocycles. The zero-order valence-corrected chi connectivity index (χ0v) is 18.3. The van der Waals surface area contributed by atoms with Crippen LogP contribution in [0.2, 0.25) is 0 Å². The van der Waals surface area contributed by atoms with E-state index < -0.39 is 0 Å². The zero-order valence-electron chi connectivity index (χ0n) is 18.3. The summed E-state index contributed by atoms with van der Waals surface area (Å²) in [6, 6.07) is 11.4. The van der Waals surface area contributed by atoms with Gasteiger partial charge in [0.25, 0.3) is 5.91 Å². The molecule has 2 aliphatic rings. The van der Waals surface area contributed by atoms with Gasteiger partial charge in [0.2, 0.25) is 11.7 Å². The fourth-order valence-electron chi connectivity index (χ4n) is 4.48. The SMILES string of the molecule is Cc1cc(C(=O)N2CCCC(c3nc(-c4cccc(F)c4)no3)C2)ccc1N1CCNC1=O. The average molecular weight is 449 g/mol. The lowest BCUT2D eigenvalue weighted by Crippen LogP contribution is -2.39. The first kappa shape index (κ1) is 21.1. The highest BCUT2D eigenvalue weighted by Gasteiger charge is 2.30. The molecule has 3 aromatic rings. The summed E-state index contributed by atoms with van der Waals surface area (Å²) in [6.07, 6.45) is 1.65. The van der Waals surface area contributed by atoms with E-state index in [1.54, 1.807) is 28.0 Å². The number of anilines is 1. The number of rotatable bonds is 4. The van der Waals surface area contributed by atoms with E-state index in [1.807, 2.05) is 19.1 Å². The second-order valence-electron chi connectivity index (χ2n) is 8.44. The normalized spacial score (nSPS) is 18.5. The number of nitrogens with zero attached hydrogens (tertiary/aromatic N) is 4.